The first kappa shape index (κ1) is 17.6. The third-order valence-electron chi connectivity index (χ3n) is 3.04. The van der Waals surface area contributed by atoms with Crippen LogP contribution < -0.4 is 0 Å². The monoisotopic (exact) mass is 334 g/mol. The van der Waals surface area contributed by atoms with Crippen LogP contribution in [-0.2, 0) is 9.84 Å². The first-order valence-corrected chi connectivity index (χ1v) is 8.44. The summed E-state index contributed by atoms with van der Waals surface area (Å²) in [6.07, 6.45) is 1.54. The number of amides is 1. The van der Waals surface area contributed by atoms with Crippen LogP contribution in [0, 0.1) is 0 Å². The third kappa shape index (κ3) is 4.04. The summed E-state index contributed by atoms with van der Waals surface area (Å²) in [5.74, 6) is 0. The predicted molar refractivity (Wildman–Crippen MR) is 80.0 cm³/mol. The molecule has 0 saturated carbocycles. The molecule has 118 valence electrons. The Morgan fingerprint density at radius 3 is 2.62 bits per heavy atom. The van der Waals surface area contributed by atoms with Crippen LogP contribution >= 0.6 is 11.6 Å². The van der Waals surface area contributed by atoms with Crippen molar-refractivity contribution in [3.63, 3.8) is 0 Å². The summed E-state index contributed by atoms with van der Waals surface area (Å²) >= 11 is 5.69. The van der Waals surface area contributed by atoms with E-state index in [0.29, 0.717) is 18.0 Å². The molecule has 1 atom stereocenters. The van der Waals surface area contributed by atoms with Gasteiger partial charge >= 0.3 is 6.03 Å². The number of aromatic nitrogens is 3. The first-order valence-electron chi connectivity index (χ1n) is 6.52. The zero-order valence-corrected chi connectivity index (χ0v) is 13.9. The molecule has 9 heteroatoms. The molecule has 0 aliphatic rings. The second-order valence-corrected chi connectivity index (χ2v) is 7.34. The lowest BCUT2D eigenvalue weighted by Gasteiger charge is -2.19. The number of likely N-dealkylation sites (N-methyl/N-ethyl adjacent to an activating group) is 1. The van der Waals surface area contributed by atoms with Gasteiger partial charge in [-0.15, -0.1) is 5.10 Å². The second-order valence-electron chi connectivity index (χ2n) is 4.55. The lowest BCUT2D eigenvalue weighted by atomic mass is 10.4. The predicted octanol–water partition coefficient (Wildman–Crippen LogP) is 1.89. The van der Waals surface area contributed by atoms with Crippen LogP contribution in [0.4, 0.5) is 4.79 Å². The average molecular weight is 335 g/mol. The van der Waals surface area contributed by atoms with E-state index >= 15 is 0 Å². The minimum atomic E-state index is -3.61. The summed E-state index contributed by atoms with van der Waals surface area (Å²) < 4.78 is 25.1. The Balaban J connectivity index is 3.03. The molecule has 0 saturated heterocycles. The van der Waals surface area contributed by atoms with Crippen LogP contribution in [0.25, 0.3) is 0 Å². The Morgan fingerprint density at radius 1 is 1.52 bits per heavy atom. The van der Waals surface area contributed by atoms with Crippen molar-refractivity contribution in [2.24, 2.45) is 0 Å². The van der Waals surface area contributed by atoms with E-state index in [0.717, 1.165) is 11.0 Å². The van der Waals surface area contributed by atoms with Gasteiger partial charge in [-0.1, -0.05) is 25.1 Å². The van der Waals surface area contributed by atoms with Crippen LogP contribution in [-0.4, -0.2) is 52.5 Å². The van der Waals surface area contributed by atoms with Gasteiger partial charge in [0, 0.05) is 11.6 Å². The van der Waals surface area contributed by atoms with Crippen molar-refractivity contribution in [3.05, 3.63) is 17.9 Å². The summed E-state index contributed by atoms with van der Waals surface area (Å²) in [6, 6.07) is -0.502. The molecule has 0 fully saturated rings. The maximum absolute atomic E-state index is 12.2. The summed E-state index contributed by atoms with van der Waals surface area (Å²) in [6.45, 7) is 9.18. The fourth-order valence-corrected chi connectivity index (χ4v) is 2.88. The van der Waals surface area contributed by atoms with E-state index in [4.69, 9.17) is 11.6 Å². The Morgan fingerprint density at radius 2 is 2.14 bits per heavy atom. The van der Waals surface area contributed by atoms with E-state index in [1.807, 2.05) is 0 Å². The van der Waals surface area contributed by atoms with Crippen molar-refractivity contribution in [2.45, 2.75) is 37.6 Å². The molecule has 1 aromatic rings. The highest BCUT2D eigenvalue weighted by molar-refractivity contribution is 7.91. The normalized spacial score (nSPS) is 13.0. The maximum atomic E-state index is 12.2. The molecule has 1 rings (SSSR count). The number of hydrogen-bond acceptors (Lipinski definition) is 5. The molecular formula is C12H19ClN4O3S. The Labute approximate surface area is 129 Å². The lowest BCUT2D eigenvalue weighted by Crippen LogP contribution is -2.35. The third-order valence-corrected chi connectivity index (χ3v) is 5.25. The van der Waals surface area contributed by atoms with Gasteiger partial charge in [0.05, 0.1) is 11.8 Å². The highest BCUT2D eigenvalue weighted by Gasteiger charge is 2.27. The zero-order chi connectivity index (χ0) is 16.2. The van der Waals surface area contributed by atoms with Crippen LogP contribution in [0.1, 0.15) is 27.2 Å². The smallest absolute Gasteiger partial charge is 0.318 e. The largest absolute Gasteiger partial charge is 0.346 e. The molecular weight excluding hydrogens is 316 g/mol. The van der Waals surface area contributed by atoms with Gasteiger partial charge in [0.2, 0.25) is 9.84 Å². The fourth-order valence-electron chi connectivity index (χ4n) is 1.54. The van der Waals surface area contributed by atoms with Crippen LogP contribution in [0.5, 0.6) is 0 Å². The number of carbonyl (C=O) groups is 1. The second kappa shape index (κ2) is 7.04. The topological polar surface area (TPSA) is 85.2 Å². The minimum Gasteiger partial charge on any atom is -0.318 e. The SMILES string of the molecule is C=C(Cl)CN(CC)C(=O)n1cnc(S(=O)(=O)C(C)CC)n1. The van der Waals surface area contributed by atoms with Crippen LogP contribution in [0.3, 0.4) is 0 Å². The summed E-state index contributed by atoms with van der Waals surface area (Å²) in [4.78, 5) is 17.3. The number of carbonyl (C=O) groups excluding carboxylic acids is 1. The van der Waals surface area contributed by atoms with Crippen molar-refractivity contribution in [3.8, 4) is 0 Å². The number of hydrogen-bond donors (Lipinski definition) is 0. The highest BCUT2D eigenvalue weighted by Crippen LogP contribution is 2.14. The van der Waals surface area contributed by atoms with Crippen molar-refractivity contribution >= 4 is 27.5 Å². The maximum Gasteiger partial charge on any atom is 0.346 e. The van der Waals surface area contributed by atoms with Gasteiger partial charge in [0.1, 0.15) is 6.33 Å². The van der Waals surface area contributed by atoms with Gasteiger partial charge in [-0.05, 0) is 20.3 Å². The van der Waals surface area contributed by atoms with Crippen molar-refractivity contribution in [1.29, 1.82) is 0 Å². The highest BCUT2D eigenvalue weighted by atomic mass is 35.5. The molecule has 1 amide bonds. The van der Waals surface area contributed by atoms with Crippen LogP contribution in [0.2, 0.25) is 0 Å². The van der Waals surface area contributed by atoms with Crippen LogP contribution in [0.15, 0.2) is 23.1 Å². The zero-order valence-electron chi connectivity index (χ0n) is 12.3. The fraction of sp³-hybridized carbons (Fsp3) is 0.583. The molecule has 1 heterocycles. The molecule has 0 aliphatic heterocycles. The molecule has 0 N–H and O–H groups in total. The Bertz CT molecular complexity index is 626. The molecule has 0 aliphatic carbocycles. The molecule has 1 unspecified atom stereocenters. The first-order chi connectivity index (χ1) is 9.73. The number of sulfone groups is 1. The van der Waals surface area contributed by atoms with Gasteiger partial charge in [0.25, 0.3) is 5.16 Å². The standard InChI is InChI=1S/C12H19ClN4O3S/c1-5-10(4)21(19,20)11-14-8-17(15-11)12(18)16(6-2)7-9(3)13/h8,10H,3,5-7H2,1-2,4H3. The van der Waals surface area contributed by atoms with Crippen molar-refractivity contribution in [2.75, 3.05) is 13.1 Å². The van der Waals surface area contributed by atoms with Crippen molar-refractivity contribution in [1.82, 2.24) is 19.7 Å². The summed E-state index contributed by atoms with van der Waals surface area (Å²) in [7, 11) is -3.61. The average Bonchev–Trinajstić information content (AvgIpc) is 2.93. The number of rotatable bonds is 6. The molecule has 21 heavy (non-hydrogen) atoms. The number of halogens is 1. The summed E-state index contributed by atoms with van der Waals surface area (Å²) in [5.41, 5.74) is 0. The lowest BCUT2D eigenvalue weighted by molar-refractivity contribution is 0.203. The van der Waals surface area contributed by atoms with E-state index in [1.54, 1.807) is 20.8 Å². The van der Waals surface area contributed by atoms with E-state index < -0.39 is 21.1 Å². The van der Waals surface area contributed by atoms with E-state index in [-0.39, 0.29) is 11.7 Å². The molecule has 1 aromatic heterocycles. The van der Waals surface area contributed by atoms with E-state index in [2.05, 4.69) is 16.7 Å². The van der Waals surface area contributed by atoms with E-state index in [1.165, 1.54) is 4.90 Å². The van der Waals surface area contributed by atoms with Gasteiger partial charge in [-0.2, -0.15) is 4.68 Å². The summed E-state index contributed by atoms with van der Waals surface area (Å²) in [5, 5.41) is 3.14. The van der Waals surface area contributed by atoms with Gasteiger partial charge in [-0.3, -0.25) is 0 Å². The molecule has 0 bridgehead atoms. The van der Waals surface area contributed by atoms with Gasteiger partial charge < -0.3 is 4.90 Å². The molecule has 0 spiro atoms. The van der Waals surface area contributed by atoms with E-state index in [9.17, 15) is 13.2 Å². The molecule has 7 nitrogen and oxygen atoms in total. The minimum absolute atomic E-state index is 0.157. The number of nitrogens with zero attached hydrogens (tertiary/aromatic N) is 4. The van der Waals surface area contributed by atoms with Crippen molar-refractivity contribution < 1.29 is 13.2 Å². The molecule has 0 radical (unpaired) electrons. The van der Waals surface area contributed by atoms with Gasteiger partial charge in [0.15, 0.2) is 0 Å². The molecule has 0 aromatic carbocycles. The Hall–Kier alpha value is -1.41. The Kier molecular flexibility index (Phi) is 5.91. The quantitative estimate of drug-likeness (QED) is 0.793. The van der Waals surface area contributed by atoms with Gasteiger partial charge in [-0.25, -0.2) is 18.2 Å².